The summed E-state index contributed by atoms with van der Waals surface area (Å²) >= 11 is 5.66. The fourth-order valence-electron chi connectivity index (χ4n) is 3.23. The number of halogens is 4. The number of likely N-dealkylation sites (N-methyl/N-ethyl adjacent to an activating group) is 1. The van der Waals surface area contributed by atoms with Crippen LogP contribution in [0.3, 0.4) is 0 Å². The van der Waals surface area contributed by atoms with Gasteiger partial charge in [0, 0.05) is 12.6 Å². The average molecular weight is 379 g/mol. The van der Waals surface area contributed by atoms with Gasteiger partial charge in [-0.1, -0.05) is 17.7 Å². The number of carboxylic acids is 1. The number of rotatable bonds is 5. The van der Waals surface area contributed by atoms with Crippen molar-refractivity contribution in [1.29, 1.82) is 0 Å². The van der Waals surface area contributed by atoms with Gasteiger partial charge in [0.15, 0.2) is 0 Å². The molecule has 0 amide bonds. The van der Waals surface area contributed by atoms with Crippen LogP contribution in [-0.4, -0.2) is 53.6 Å². The predicted molar refractivity (Wildman–Crippen MR) is 89.6 cm³/mol. The lowest BCUT2D eigenvalue weighted by atomic mass is 10.1. The fourth-order valence-corrected chi connectivity index (χ4v) is 3.45. The van der Waals surface area contributed by atoms with Crippen molar-refractivity contribution in [3.63, 3.8) is 0 Å². The minimum absolute atomic E-state index is 0.00318. The Labute approximate surface area is 150 Å². The number of alkyl halides is 3. The summed E-state index contributed by atoms with van der Waals surface area (Å²) < 4.78 is 38.9. The topological polar surface area (TPSA) is 43.8 Å². The number of carbonyl (C=O) groups is 1. The van der Waals surface area contributed by atoms with Crippen LogP contribution >= 0.6 is 11.6 Å². The minimum Gasteiger partial charge on any atom is -0.480 e. The summed E-state index contributed by atoms with van der Waals surface area (Å²) in [6.07, 6.45) is -1.90. The molecule has 0 aliphatic carbocycles. The lowest BCUT2D eigenvalue weighted by Crippen LogP contribution is -2.36. The standard InChI is InChI=1S/C17H22ClF3N2O2/c1-22(11-16(24)25)13-3-2-7-23(8-6-13)10-12-4-5-15(18)14(9-12)17(19,20)21/h4-5,9,13H,2-3,6-8,10-11H2,1H3,(H,24,25). The van der Waals surface area contributed by atoms with Crippen LogP contribution in [0.4, 0.5) is 13.2 Å². The largest absolute Gasteiger partial charge is 0.480 e. The molecular weight excluding hydrogens is 357 g/mol. The molecule has 1 atom stereocenters. The van der Waals surface area contributed by atoms with Crippen molar-refractivity contribution in [2.24, 2.45) is 0 Å². The number of likely N-dealkylation sites (tertiary alicyclic amines) is 1. The van der Waals surface area contributed by atoms with E-state index in [9.17, 15) is 18.0 Å². The molecule has 1 aromatic carbocycles. The first-order chi connectivity index (χ1) is 11.7. The van der Waals surface area contributed by atoms with Crippen LogP contribution in [0.1, 0.15) is 30.4 Å². The van der Waals surface area contributed by atoms with Gasteiger partial charge in [-0.3, -0.25) is 14.6 Å². The summed E-state index contributed by atoms with van der Waals surface area (Å²) in [6, 6.07) is 4.20. The zero-order chi connectivity index (χ0) is 18.6. The first kappa shape index (κ1) is 20.0. The summed E-state index contributed by atoms with van der Waals surface area (Å²) in [6.45, 7) is 1.92. The Morgan fingerprint density at radius 2 is 2.08 bits per heavy atom. The van der Waals surface area contributed by atoms with E-state index >= 15 is 0 Å². The van der Waals surface area contributed by atoms with Crippen molar-refractivity contribution in [1.82, 2.24) is 9.80 Å². The molecule has 4 nitrogen and oxygen atoms in total. The number of benzene rings is 1. The van der Waals surface area contributed by atoms with Crippen LogP contribution < -0.4 is 0 Å². The Morgan fingerprint density at radius 3 is 2.72 bits per heavy atom. The summed E-state index contributed by atoms with van der Waals surface area (Å²) in [5.74, 6) is -0.857. The van der Waals surface area contributed by atoms with Gasteiger partial charge in [-0.05, 0) is 57.1 Å². The lowest BCUT2D eigenvalue weighted by molar-refractivity contribution is -0.139. The van der Waals surface area contributed by atoms with Crippen molar-refractivity contribution in [2.75, 3.05) is 26.7 Å². The highest BCUT2D eigenvalue weighted by Gasteiger charge is 2.33. The summed E-state index contributed by atoms with van der Waals surface area (Å²) in [4.78, 5) is 14.8. The number of hydrogen-bond acceptors (Lipinski definition) is 3. The predicted octanol–water partition coefficient (Wildman–Crippen LogP) is 3.73. The molecule has 8 heteroatoms. The van der Waals surface area contributed by atoms with Gasteiger partial charge < -0.3 is 5.11 Å². The van der Waals surface area contributed by atoms with E-state index in [2.05, 4.69) is 4.90 Å². The molecule has 0 spiro atoms. The minimum atomic E-state index is -4.46. The van der Waals surface area contributed by atoms with E-state index in [4.69, 9.17) is 16.7 Å². The van der Waals surface area contributed by atoms with Gasteiger partial charge in [0.25, 0.3) is 0 Å². The summed E-state index contributed by atoms with van der Waals surface area (Å²) in [5.41, 5.74) is -0.227. The normalized spacial score (nSPS) is 19.8. The second-order valence-corrected chi connectivity index (χ2v) is 6.89. The van der Waals surface area contributed by atoms with E-state index in [0.29, 0.717) is 12.1 Å². The zero-order valence-corrected chi connectivity index (χ0v) is 14.8. The number of nitrogens with zero attached hydrogens (tertiary/aromatic N) is 2. The monoisotopic (exact) mass is 378 g/mol. The molecule has 0 radical (unpaired) electrons. The third kappa shape index (κ3) is 5.87. The molecule has 1 aromatic rings. The van der Waals surface area contributed by atoms with Crippen molar-refractivity contribution < 1.29 is 23.1 Å². The van der Waals surface area contributed by atoms with Crippen LogP contribution in [0, 0.1) is 0 Å². The fraction of sp³-hybridized carbons (Fsp3) is 0.588. The first-order valence-electron chi connectivity index (χ1n) is 8.17. The molecule has 1 unspecified atom stereocenters. The molecular formula is C17H22ClF3N2O2. The van der Waals surface area contributed by atoms with Gasteiger partial charge in [-0.25, -0.2) is 0 Å². The number of carboxylic acid groups (broad SMARTS) is 1. The second kappa shape index (κ2) is 8.38. The van der Waals surface area contributed by atoms with E-state index in [0.717, 1.165) is 38.4 Å². The van der Waals surface area contributed by atoms with Gasteiger partial charge in [-0.2, -0.15) is 13.2 Å². The Hall–Kier alpha value is -1.31. The summed E-state index contributed by atoms with van der Waals surface area (Å²) in [5, 5.41) is 8.60. The van der Waals surface area contributed by atoms with Crippen molar-refractivity contribution in [2.45, 2.75) is 38.0 Å². The van der Waals surface area contributed by atoms with E-state index in [1.165, 1.54) is 6.07 Å². The number of aliphatic carboxylic acids is 1. The maximum Gasteiger partial charge on any atom is 0.417 e. The molecule has 0 saturated carbocycles. The molecule has 1 heterocycles. The van der Waals surface area contributed by atoms with Gasteiger partial charge in [0.05, 0.1) is 17.1 Å². The lowest BCUT2D eigenvalue weighted by Gasteiger charge is -2.25. The smallest absolute Gasteiger partial charge is 0.417 e. The van der Waals surface area contributed by atoms with Crippen LogP contribution in [0.2, 0.25) is 5.02 Å². The van der Waals surface area contributed by atoms with E-state index in [-0.39, 0.29) is 17.6 Å². The van der Waals surface area contributed by atoms with Crippen LogP contribution in [-0.2, 0) is 17.5 Å². The molecule has 0 aromatic heterocycles. The molecule has 1 fully saturated rings. The maximum absolute atomic E-state index is 13.0. The number of hydrogen-bond donors (Lipinski definition) is 1. The zero-order valence-electron chi connectivity index (χ0n) is 14.0. The van der Waals surface area contributed by atoms with Crippen molar-refractivity contribution in [3.05, 3.63) is 34.3 Å². The van der Waals surface area contributed by atoms with E-state index < -0.39 is 17.7 Å². The Kier molecular flexibility index (Phi) is 6.71. The van der Waals surface area contributed by atoms with Crippen LogP contribution in [0.25, 0.3) is 0 Å². The van der Waals surface area contributed by atoms with Gasteiger partial charge in [0.1, 0.15) is 0 Å². The molecule has 140 valence electrons. The SMILES string of the molecule is CN(CC(=O)O)C1CCCN(Cc2ccc(Cl)c(C(F)(F)F)c2)CC1. The third-order valence-electron chi connectivity index (χ3n) is 4.54. The first-order valence-corrected chi connectivity index (χ1v) is 8.54. The summed E-state index contributed by atoms with van der Waals surface area (Å²) in [7, 11) is 1.79. The molecule has 1 N–H and O–H groups in total. The molecule has 1 aliphatic heterocycles. The highest BCUT2D eigenvalue weighted by Crippen LogP contribution is 2.35. The van der Waals surface area contributed by atoms with E-state index in [1.54, 1.807) is 13.1 Å². The highest BCUT2D eigenvalue weighted by atomic mass is 35.5. The molecule has 1 aliphatic rings. The highest BCUT2D eigenvalue weighted by molar-refractivity contribution is 6.31. The Bertz CT molecular complexity index is 610. The van der Waals surface area contributed by atoms with Gasteiger partial charge >= 0.3 is 12.1 Å². The quantitative estimate of drug-likeness (QED) is 0.848. The third-order valence-corrected chi connectivity index (χ3v) is 4.87. The Morgan fingerprint density at radius 1 is 1.36 bits per heavy atom. The van der Waals surface area contributed by atoms with Gasteiger partial charge in [0.2, 0.25) is 0 Å². The van der Waals surface area contributed by atoms with Gasteiger partial charge in [-0.15, -0.1) is 0 Å². The van der Waals surface area contributed by atoms with Crippen LogP contribution in [0.5, 0.6) is 0 Å². The van der Waals surface area contributed by atoms with Crippen molar-refractivity contribution >= 4 is 17.6 Å². The molecule has 25 heavy (non-hydrogen) atoms. The second-order valence-electron chi connectivity index (χ2n) is 6.48. The molecule has 1 saturated heterocycles. The Balaban J connectivity index is 1.99. The van der Waals surface area contributed by atoms with Crippen molar-refractivity contribution in [3.8, 4) is 0 Å². The molecule has 0 bridgehead atoms. The maximum atomic E-state index is 13.0. The average Bonchev–Trinajstić information content (AvgIpc) is 2.73. The van der Waals surface area contributed by atoms with E-state index in [1.807, 2.05) is 4.90 Å². The molecule has 2 rings (SSSR count). The van der Waals surface area contributed by atoms with Crippen LogP contribution in [0.15, 0.2) is 18.2 Å².